The van der Waals surface area contributed by atoms with Crippen molar-refractivity contribution in [3.05, 3.63) is 69.2 Å². The Balaban J connectivity index is 1.89. The molecule has 7 rings (SSSR count). The summed E-state index contributed by atoms with van der Waals surface area (Å²) < 4.78 is 2.53. The van der Waals surface area contributed by atoms with Crippen LogP contribution in [0.1, 0.15) is 0 Å². The fourth-order valence-electron chi connectivity index (χ4n) is 5.53. The van der Waals surface area contributed by atoms with Gasteiger partial charge in [0.2, 0.25) is 11.8 Å². The predicted octanol–water partition coefficient (Wildman–Crippen LogP) is 4.29. The second-order valence-corrected chi connectivity index (χ2v) is 8.52. The van der Waals surface area contributed by atoms with Gasteiger partial charge in [0, 0.05) is 46.4 Å². The first-order valence-electron chi connectivity index (χ1n) is 10.3. The van der Waals surface area contributed by atoms with Crippen molar-refractivity contribution in [2.75, 3.05) is 0 Å². The van der Waals surface area contributed by atoms with E-state index in [1.165, 1.54) is 9.13 Å². The van der Waals surface area contributed by atoms with Crippen molar-refractivity contribution in [3.8, 4) is 11.8 Å². The zero-order chi connectivity index (χ0) is 22.0. The lowest BCUT2D eigenvalue weighted by molar-refractivity contribution is 0.431. The van der Waals surface area contributed by atoms with E-state index in [4.69, 9.17) is 0 Å². The van der Waals surface area contributed by atoms with E-state index in [2.05, 4.69) is 0 Å². The number of aromatic hydroxyl groups is 2. The molecule has 0 fully saturated rings. The Bertz CT molecular complexity index is 1890. The average Bonchev–Trinajstić information content (AvgIpc) is 2.82. The van der Waals surface area contributed by atoms with Gasteiger partial charge in [-0.1, -0.05) is 24.3 Å². The summed E-state index contributed by atoms with van der Waals surface area (Å²) in [6.07, 6.45) is 0. The molecule has 0 radical (unpaired) electrons. The minimum atomic E-state index is -0.247. The van der Waals surface area contributed by atoms with Gasteiger partial charge in [-0.3, -0.25) is 18.7 Å². The Kier molecular flexibility index (Phi) is 2.87. The van der Waals surface area contributed by atoms with E-state index in [1.807, 2.05) is 36.4 Å². The number of nitrogens with zero attached hydrogens (tertiary/aromatic N) is 2. The zero-order valence-corrected chi connectivity index (χ0v) is 17.2. The molecular formula is C26H16N2O4. The van der Waals surface area contributed by atoms with Crippen molar-refractivity contribution in [3.63, 3.8) is 0 Å². The summed E-state index contributed by atoms with van der Waals surface area (Å²) in [5.41, 5.74) is -0.495. The molecule has 2 heterocycles. The quantitative estimate of drug-likeness (QED) is 0.283. The van der Waals surface area contributed by atoms with E-state index >= 15 is 0 Å². The van der Waals surface area contributed by atoms with Crippen LogP contribution in [0.4, 0.5) is 0 Å². The van der Waals surface area contributed by atoms with Gasteiger partial charge in [0.05, 0.1) is 0 Å². The number of pyridine rings is 2. The van der Waals surface area contributed by atoms with Crippen LogP contribution in [-0.2, 0) is 14.1 Å². The molecule has 7 aromatic rings. The fourth-order valence-corrected chi connectivity index (χ4v) is 5.53. The van der Waals surface area contributed by atoms with E-state index in [9.17, 15) is 19.8 Å². The molecule has 0 aliphatic heterocycles. The molecule has 0 amide bonds. The third-order valence-electron chi connectivity index (χ3n) is 7.09. The molecule has 0 atom stereocenters. The Morgan fingerprint density at radius 1 is 0.469 bits per heavy atom. The summed E-state index contributed by atoms with van der Waals surface area (Å²) in [5, 5.41) is 30.8. The summed E-state index contributed by atoms with van der Waals surface area (Å²) in [5.74, 6) is -0.120. The first-order valence-corrected chi connectivity index (χ1v) is 10.3. The van der Waals surface area contributed by atoms with Crippen molar-refractivity contribution in [1.82, 2.24) is 9.13 Å². The van der Waals surface area contributed by atoms with Gasteiger partial charge in [-0.05, 0) is 56.6 Å². The molecule has 0 saturated carbocycles. The largest absolute Gasteiger partial charge is 0.494 e. The summed E-state index contributed by atoms with van der Waals surface area (Å²) in [6.45, 7) is 0. The van der Waals surface area contributed by atoms with Gasteiger partial charge in [0.25, 0.3) is 11.1 Å². The minimum Gasteiger partial charge on any atom is -0.494 e. The molecule has 0 spiro atoms. The van der Waals surface area contributed by atoms with Gasteiger partial charge in [-0.25, -0.2) is 0 Å². The molecule has 2 aromatic heterocycles. The van der Waals surface area contributed by atoms with Gasteiger partial charge in [0.15, 0.2) is 0 Å². The van der Waals surface area contributed by atoms with E-state index < -0.39 is 0 Å². The fraction of sp³-hybridized carbons (Fsp3) is 0.0769. The van der Waals surface area contributed by atoms with Crippen LogP contribution in [0.25, 0.3) is 64.6 Å². The first kappa shape index (κ1) is 17.4. The van der Waals surface area contributed by atoms with Gasteiger partial charge < -0.3 is 10.2 Å². The zero-order valence-electron chi connectivity index (χ0n) is 17.2. The minimum absolute atomic E-state index is 0.0598. The second-order valence-electron chi connectivity index (χ2n) is 8.52. The third kappa shape index (κ3) is 1.71. The lowest BCUT2D eigenvalue weighted by atomic mass is 9.86. The maximum absolute atomic E-state index is 12.9. The number of hydrogen-bond acceptors (Lipinski definition) is 4. The van der Waals surface area contributed by atoms with Crippen molar-refractivity contribution in [2.45, 2.75) is 0 Å². The Labute approximate surface area is 179 Å². The van der Waals surface area contributed by atoms with Crippen molar-refractivity contribution in [1.29, 1.82) is 0 Å². The van der Waals surface area contributed by atoms with Crippen LogP contribution in [0.2, 0.25) is 0 Å². The van der Waals surface area contributed by atoms with E-state index in [0.717, 1.165) is 43.1 Å². The molecule has 6 heteroatoms. The van der Waals surface area contributed by atoms with Gasteiger partial charge in [-0.2, -0.15) is 0 Å². The highest BCUT2D eigenvalue weighted by Crippen LogP contribution is 2.46. The van der Waals surface area contributed by atoms with Crippen LogP contribution < -0.4 is 11.1 Å². The first-order chi connectivity index (χ1) is 15.4. The van der Waals surface area contributed by atoms with E-state index in [1.54, 1.807) is 26.2 Å². The molecule has 5 aromatic carbocycles. The standard InChI is InChI=1S/C26H16N2O4/c1-27-23(29)15-7-3-11-13-5-9-17-22-18(26(32)28(2)25(17)31)10-6-14(20(13)22)12-4-8-16(24(27)30)21(15)19(11)12/h3-10,29,32H,1-2H3. The molecule has 0 aliphatic carbocycles. The molecule has 0 bridgehead atoms. The molecule has 2 N–H and O–H groups in total. The molecular weight excluding hydrogens is 404 g/mol. The third-order valence-corrected chi connectivity index (χ3v) is 7.09. The van der Waals surface area contributed by atoms with Crippen LogP contribution in [0, 0.1) is 0 Å². The lowest BCUT2D eigenvalue weighted by Gasteiger charge is -2.19. The summed E-state index contributed by atoms with van der Waals surface area (Å²) in [6, 6.07) is 15.1. The molecule has 154 valence electrons. The maximum Gasteiger partial charge on any atom is 0.260 e. The predicted molar refractivity (Wildman–Crippen MR) is 128 cm³/mol. The van der Waals surface area contributed by atoms with Crippen LogP contribution in [-0.4, -0.2) is 19.3 Å². The number of benzene rings is 5. The van der Waals surface area contributed by atoms with Crippen molar-refractivity contribution >= 4 is 64.6 Å². The number of rotatable bonds is 0. The highest BCUT2D eigenvalue weighted by Gasteiger charge is 2.22. The van der Waals surface area contributed by atoms with Gasteiger partial charge in [-0.15, -0.1) is 0 Å². The van der Waals surface area contributed by atoms with Gasteiger partial charge >= 0.3 is 0 Å². The molecule has 32 heavy (non-hydrogen) atoms. The van der Waals surface area contributed by atoms with E-state index in [0.29, 0.717) is 21.5 Å². The Hall–Kier alpha value is -4.32. The Morgan fingerprint density at radius 3 is 1.06 bits per heavy atom. The average molecular weight is 420 g/mol. The monoisotopic (exact) mass is 420 g/mol. The molecule has 0 aliphatic rings. The van der Waals surface area contributed by atoms with Crippen molar-refractivity contribution < 1.29 is 10.2 Å². The van der Waals surface area contributed by atoms with Crippen LogP contribution >= 0.6 is 0 Å². The van der Waals surface area contributed by atoms with Gasteiger partial charge in [0.1, 0.15) is 0 Å². The number of hydrogen-bond donors (Lipinski definition) is 2. The van der Waals surface area contributed by atoms with Crippen LogP contribution in [0.15, 0.2) is 58.1 Å². The number of fused-ring (bicyclic) bond motifs is 2. The Morgan fingerprint density at radius 2 is 0.719 bits per heavy atom. The smallest absolute Gasteiger partial charge is 0.260 e. The lowest BCUT2D eigenvalue weighted by Crippen LogP contribution is -2.17. The van der Waals surface area contributed by atoms with Crippen molar-refractivity contribution in [2.24, 2.45) is 14.1 Å². The summed E-state index contributed by atoms with van der Waals surface area (Å²) in [7, 11) is 3.13. The van der Waals surface area contributed by atoms with E-state index in [-0.39, 0.29) is 22.9 Å². The summed E-state index contributed by atoms with van der Waals surface area (Å²) in [4.78, 5) is 25.8. The normalized spacial score (nSPS) is 12.6. The topological polar surface area (TPSA) is 84.5 Å². The highest BCUT2D eigenvalue weighted by atomic mass is 16.3. The number of aromatic nitrogens is 2. The second kappa shape index (κ2) is 5.29. The van der Waals surface area contributed by atoms with Crippen LogP contribution in [0.3, 0.4) is 0 Å². The maximum atomic E-state index is 12.9. The SMILES string of the molecule is Cn1c(O)c2ccc3c4ccc5c(=O)n(C)c(O)c6ccc(c7ccc(c1=O)c2c37)c4c65. The summed E-state index contributed by atoms with van der Waals surface area (Å²) >= 11 is 0. The molecule has 6 nitrogen and oxygen atoms in total. The van der Waals surface area contributed by atoms with Crippen LogP contribution in [0.5, 0.6) is 11.8 Å². The molecule has 0 unspecified atom stereocenters. The highest BCUT2D eigenvalue weighted by molar-refractivity contribution is 6.39. The molecule has 0 saturated heterocycles.